The van der Waals surface area contributed by atoms with Gasteiger partial charge >= 0.3 is 0 Å². The van der Waals surface area contributed by atoms with Crippen LogP contribution in [-0.4, -0.2) is 51.9 Å². The van der Waals surface area contributed by atoms with E-state index in [1.807, 2.05) is 45.0 Å². The third-order valence-electron chi connectivity index (χ3n) is 6.48. The number of anilines is 2. The molecule has 0 aliphatic carbocycles. The molecule has 1 amide bonds. The lowest BCUT2D eigenvalue weighted by Crippen LogP contribution is -2.48. The second-order valence-electron chi connectivity index (χ2n) is 8.85. The van der Waals surface area contributed by atoms with Gasteiger partial charge in [0.15, 0.2) is 0 Å². The molecular formula is C26H29N5O2S2. The van der Waals surface area contributed by atoms with Gasteiger partial charge in [0.25, 0.3) is 11.5 Å². The number of carbonyl (C=O) groups excluding carboxylic acids is 1. The van der Waals surface area contributed by atoms with Crippen LogP contribution in [0.3, 0.4) is 0 Å². The zero-order valence-corrected chi connectivity index (χ0v) is 22.1. The monoisotopic (exact) mass is 507 g/mol. The highest BCUT2D eigenvalue weighted by Gasteiger charge is 2.35. The molecule has 7 nitrogen and oxygen atoms in total. The molecule has 0 unspecified atom stereocenters. The predicted octanol–water partition coefficient (Wildman–Crippen LogP) is 3.98. The highest BCUT2D eigenvalue weighted by molar-refractivity contribution is 8.26. The van der Waals surface area contributed by atoms with Crippen LogP contribution in [0.2, 0.25) is 0 Å². The minimum Gasteiger partial charge on any atom is -0.368 e. The van der Waals surface area contributed by atoms with Gasteiger partial charge in [0.1, 0.15) is 21.8 Å². The summed E-state index contributed by atoms with van der Waals surface area (Å²) < 4.78 is 2.19. The van der Waals surface area contributed by atoms with Gasteiger partial charge in [-0.05, 0) is 51.5 Å². The highest BCUT2D eigenvalue weighted by atomic mass is 32.2. The van der Waals surface area contributed by atoms with E-state index in [1.165, 1.54) is 17.4 Å². The Morgan fingerprint density at radius 3 is 2.29 bits per heavy atom. The first-order valence-corrected chi connectivity index (χ1v) is 13.0. The van der Waals surface area contributed by atoms with Gasteiger partial charge in [-0.2, -0.15) is 5.26 Å². The van der Waals surface area contributed by atoms with E-state index in [4.69, 9.17) is 12.2 Å². The summed E-state index contributed by atoms with van der Waals surface area (Å²) in [5, 5.41) is 9.77. The smallest absolute Gasteiger partial charge is 0.270 e. The Balaban J connectivity index is 1.79. The lowest BCUT2D eigenvalue weighted by atomic mass is 10.0. The first kappa shape index (κ1) is 25.0. The van der Waals surface area contributed by atoms with E-state index in [0.717, 1.165) is 24.5 Å². The zero-order chi connectivity index (χ0) is 25.3. The van der Waals surface area contributed by atoms with Gasteiger partial charge in [0, 0.05) is 50.0 Å². The summed E-state index contributed by atoms with van der Waals surface area (Å²) in [4.78, 5) is 33.0. The molecule has 4 rings (SSSR count). The lowest BCUT2D eigenvalue weighted by Gasteiger charge is -2.39. The molecule has 182 valence electrons. The molecule has 1 aromatic carbocycles. The van der Waals surface area contributed by atoms with Crippen molar-refractivity contribution < 1.29 is 4.79 Å². The first-order chi connectivity index (χ1) is 16.8. The van der Waals surface area contributed by atoms with Crippen molar-refractivity contribution in [1.82, 2.24) is 9.47 Å². The van der Waals surface area contributed by atoms with Crippen LogP contribution in [0, 0.1) is 18.3 Å². The molecule has 2 fully saturated rings. The number of amides is 1. The van der Waals surface area contributed by atoms with Gasteiger partial charge in [-0.25, -0.2) is 0 Å². The van der Waals surface area contributed by atoms with Crippen molar-refractivity contribution in [2.24, 2.45) is 0 Å². The maximum atomic E-state index is 13.2. The Bertz CT molecular complexity index is 1290. The van der Waals surface area contributed by atoms with Gasteiger partial charge in [-0.1, -0.05) is 42.2 Å². The van der Waals surface area contributed by atoms with Crippen molar-refractivity contribution in [2.45, 2.75) is 40.3 Å². The number of hydrogen-bond donors (Lipinski definition) is 0. The van der Waals surface area contributed by atoms with E-state index >= 15 is 0 Å². The van der Waals surface area contributed by atoms with Crippen LogP contribution in [0.25, 0.3) is 6.08 Å². The number of pyridine rings is 1. The number of hydrogen-bond acceptors (Lipinski definition) is 7. The number of nitriles is 1. The summed E-state index contributed by atoms with van der Waals surface area (Å²) in [6.07, 6.45) is 1.82. The first-order valence-electron chi connectivity index (χ1n) is 11.8. The Labute approximate surface area is 215 Å². The topological polar surface area (TPSA) is 72.6 Å². The van der Waals surface area contributed by atoms with Crippen molar-refractivity contribution in [3.05, 3.63) is 62.3 Å². The third-order valence-corrected chi connectivity index (χ3v) is 7.81. The molecule has 35 heavy (non-hydrogen) atoms. The molecule has 0 spiro atoms. The molecule has 9 heteroatoms. The maximum absolute atomic E-state index is 13.2. The molecule has 2 aliphatic rings. The number of rotatable bonds is 5. The van der Waals surface area contributed by atoms with Crippen molar-refractivity contribution in [1.29, 1.82) is 5.26 Å². The molecule has 0 bridgehead atoms. The van der Waals surface area contributed by atoms with Gasteiger partial charge < -0.3 is 9.80 Å². The average Bonchev–Trinajstić information content (AvgIpc) is 3.14. The van der Waals surface area contributed by atoms with Gasteiger partial charge in [0.2, 0.25) is 0 Å². The Hall–Kier alpha value is -3.09. The Morgan fingerprint density at radius 2 is 1.74 bits per heavy atom. The number of carbonyl (C=O) groups is 1. The fourth-order valence-corrected chi connectivity index (χ4v) is 6.16. The molecule has 0 atom stereocenters. The second-order valence-corrected chi connectivity index (χ2v) is 10.5. The minimum absolute atomic E-state index is 0.0423. The zero-order valence-electron chi connectivity index (χ0n) is 20.4. The normalized spacial score (nSPS) is 17.6. The molecular weight excluding hydrogens is 478 g/mol. The van der Waals surface area contributed by atoms with Crippen molar-refractivity contribution in [3.63, 3.8) is 0 Å². The Kier molecular flexibility index (Phi) is 7.33. The van der Waals surface area contributed by atoms with E-state index in [0.29, 0.717) is 34.4 Å². The third kappa shape index (κ3) is 4.60. The van der Waals surface area contributed by atoms with Crippen LogP contribution >= 0.6 is 24.0 Å². The second kappa shape index (κ2) is 10.3. The summed E-state index contributed by atoms with van der Waals surface area (Å²) >= 11 is 6.73. The van der Waals surface area contributed by atoms with Gasteiger partial charge in [-0.3, -0.25) is 19.1 Å². The minimum atomic E-state index is -0.292. The molecule has 3 heterocycles. The Morgan fingerprint density at radius 1 is 1.11 bits per heavy atom. The quantitative estimate of drug-likeness (QED) is 0.448. The van der Waals surface area contributed by atoms with Crippen molar-refractivity contribution >= 4 is 51.8 Å². The van der Waals surface area contributed by atoms with E-state index in [9.17, 15) is 14.9 Å². The van der Waals surface area contributed by atoms with Crippen LogP contribution < -0.4 is 15.4 Å². The predicted molar refractivity (Wildman–Crippen MR) is 147 cm³/mol. The van der Waals surface area contributed by atoms with E-state index in [2.05, 4.69) is 28.0 Å². The van der Waals surface area contributed by atoms with Gasteiger partial charge in [-0.15, -0.1) is 0 Å². The maximum Gasteiger partial charge on any atom is 0.270 e. The highest BCUT2D eigenvalue weighted by Crippen LogP contribution is 2.37. The fraction of sp³-hybridized carbons (Fsp3) is 0.385. The SMILES string of the molecule is CCn1c(N2CCN(c3ccccc3)CC2)c(C=C2SC(=S)N(C(C)C)C2=O)c(C)c(C#N)c1=O. The fourth-order valence-electron chi connectivity index (χ4n) is 4.65. The summed E-state index contributed by atoms with van der Waals surface area (Å²) in [6, 6.07) is 12.3. The van der Waals surface area contributed by atoms with E-state index in [1.54, 1.807) is 16.4 Å². The number of nitrogens with zero attached hydrogens (tertiary/aromatic N) is 5. The number of thioether (sulfide) groups is 1. The molecule has 2 aliphatic heterocycles. The molecule has 2 aromatic rings. The summed E-state index contributed by atoms with van der Waals surface area (Å²) in [5.41, 5.74) is 2.33. The van der Waals surface area contributed by atoms with Crippen LogP contribution in [0.5, 0.6) is 0 Å². The van der Waals surface area contributed by atoms with Crippen molar-refractivity contribution in [2.75, 3.05) is 36.0 Å². The summed E-state index contributed by atoms with van der Waals surface area (Å²) in [7, 11) is 0. The number of piperazine rings is 1. The van der Waals surface area contributed by atoms with Gasteiger partial charge in [0.05, 0.1) is 4.91 Å². The molecule has 1 aromatic heterocycles. The van der Waals surface area contributed by atoms with Crippen molar-refractivity contribution in [3.8, 4) is 6.07 Å². The van der Waals surface area contributed by atoms with Crippen LogP contribution in [0.1, 0.15) is 37.5 Å². The largest absolute Gasteiger partial charge is 0.368 e. The molecule has 2 saturated heterocycles. The number of aromatic nitrogens is 1. The van der Waals surface area contributed by atoms with E-state index in [-0.39, 0.29) is 23.1 Å². The number of para-hydroxylation sites is 1. The lowest BCUT2D eigenvalue weighted by molar-refractivity contribution is -0.123. The van der Waals surface area contributed by atoms with Crippen LogP contribution in [0.15, 0.2) is 40.0 Å². The molecule has 0 radical (unpaired) electrons. The number of benzene rings is 1. The molecule has 0 N–H and O–H groups in total. The van der Waals surface area contributed by atoms with Crippen LogP contribution in [0.4, 0.5) is 11.5 Å². The van der Waals surface area contributed by atoms with Crippen LogP contribution in [-0.2, 0) is 11.3 Å². The summed E-state index contributed by atoms with van der Waals surface area (Å²) in [5.74, 6) is 0.624. The number of thiocarbonyl (C=S) groups is 1. The average molecular weight is 508 g/mol. The van der Waals surface area contributed by atoms with E-state index < -0.39 is 0 Å². The standard InChI is InChI=1S/C26H29N5O2S2/c1-5-30-23(29-13-11-28(12-14-29)19-9-7-6-8-10-19)20(18(4)21(16-27)24(30)32)15-22-25(33)31(17(2)3)26(34)35-22/h6-10,15,17H,5,11-14H2,1-4H3. The molecule has 0 saturated carbocycles. The summed E-state index contributed by atoms with van der Waals surface area (Å²) in [6.45, 7) is 11.0.